The molecule has 0 unspecified atom stereocenters. The summed E-state index contributed by atoms with van der Waals surface area (Å²) >= 11 is 5.62. The first-order valence-electron chi connectivity index (χ1n) is 6.35. The second-order valence-corrected chi connectivity index (χ2v) is 6.62. The minimum Gasteiger partial charge on any atom is -0.320 e. The fourth-order valence-corrected chi connectivity index (χ4v) is 2.66. The van der Waals surface area contributed by atoms with Crippen molar-refractivity contribution in [3.63, 3.8) is 0 Å². The van der Waals surface area contributed by atoms with E-state index in [1.54, 1.807) is 23.1 Å². The highest BCUT2D eigenvalue weighted by Gasteiger charge is 2.11. The molecule has 3 rings (SSSR count). The molecule has 3 aromatic rings. The summed E-state index contributed by atoms with van der Waals surface area (Å²) in [7, 11) is 0. The number of carbonyl (C=O) groups is 1. The van der Waals surface area contributed by atoms with E-state index in [4.69, 9.17) is 0 Å². The Bertz CT molecular complexity index is 803. The molecule has 0 aliphatic rings. The maximum atomic E-state index is 12.4. The van der Waals surface area contributed by atoms with Crippen molar-refractivity contribution >= 4 is 50.1 Å². The first-order chi connectivity index (χ1) is 10.6. The molecule has 1 aromatic heterocycles. The molecule has 2 aromatic carbocycles. The molecular formula is C15H10BrIN4O. The van der Waals surface area contributed by atoms with Gasteiger partial charge in [-0.1, -0.05) is 15.9 Å². The standard InChI is InChI=1S/C15H10BrIN4O/c16-11-3-6-14(21-9-18-8-19-21)13(7-11)20-15(22)10-1-4-12(17)5-2-10/h1-9H,(H,20,22). The molecule has 0 fully saturated rings. The molecule has 0 atom stereocenters. The van der Waals surface area contributed by atoms with Crippen LogP contribution in [0, 0.1) is 3.57 Å². The van der Waals surface area contributed by atoms with Gasteiger partial charge in [0, 0.05) is 13.6 Å². The third-order valence-electron chi connectivity index (χ3n) is 2.98. The summed E-state index contributed by atoms with van der Waals surface area (Å²) in [6.45, 7) is 0. The normalized spacial score (nSPS) is 10.5. The Morgan fingerprint density at radius 3 is 2.64 bits per heavy atom. The van der Waals surface area contributed by atoms with Crippen LogP contribution in [0.5, 0.6) is 0 Å². The molecule has 22 heavy (non-hydrogen) atoms. The number of rotatable bonds is 3. The fraction of sp³-hybridized carbons (Fsp3) is 0. The molecule has 110 valence electrons. The summed E-state index contributed by atoms with van der Waals surface area (Å²) in [6, 6.07) is 13.0. The molecule has 1 heterocycles. The summed E-state index contributed by atoms with van der Waals surface area (Å²) in [5.74, 6) is -0.170. The number of nitrogens with zero attached hydrogens (tertiary/aromatic N) is 3. The fourth-order valence-electron chi connectivity index (χ4n) is 1.94. The number of nitrogens with one attached hydrogen (secondary N) is 1. The molecule has 7 heteroatoms. The van der Waals surface area contributed by atoms with Crippen LogP contribution in [0.4, 0.5) is 5.69 Å². The Hall–Kier alpha value is -1.74. The largest absolute Gasteiger partial charge is 0.320 e. The summed E-state index contributed by atoms with van der Waals surface area (Å²) in [5, 5.41) is 7.02. The number of carbonyl (C=O) groups excluding carboxylic acids is 1. The molecule has 0 saturated carbocycles. The Morgan fingerprint density at radius 2 is 1.95 bits per heavy atom. The van der Waals surface area contributed by atoms with E-state index in [-0.39, 0.29) is 5.91 Å². The summed E-state index contributed by atoms with van der Waals surface area (Å²) in [5.41, 5.74) is 2.01. The minimum atomic E-state index is -0.170. The van der Waals surface area contributed by atoms with Crippen molar-refractivity contribution in [1.29, 1.82) is 0 Å². The van der Waals surface area contributed by atoms with Gasteiger partial charge in [0.2, 0.25) is 0 Å². The van der Waals surface area contributed by atoms with Gasteiger partial charge in [0.1, 0.15) is 12.7 Å². The average molecular weight is 469 g/mol. The maximum absolute atomic E-state index is 12.4. The van der Waals surface area contributed by atoms with Crippen molar-refractivity contribution in [2.45, 2.75) is 0 Å². The average Bonchev–Trinajstić information content (AvgIpc) is 3.02. The van der Waals surface area contributed by atoms with Crippen LogP contribution >= 0.6 is 38.5 Å². The third kappa shape index (κ3) is 3.36. The van der Waals surface area contributed by atoms with Gasteiger partial charge in [-0.3, -0.25) is 4.79 Å². The second kappa shape index (κ2) is 6.57. The maximum Gasteiger partial charge on any atom is 0.255 e. The molecule has 0 bridgehead atoms. The molecule has 0 radical (unpaired) electrons. The first-order valence-corrected chi connectivity index (χ1v) is 8.22. The van der Waals surface area contributed by atoms with E-state index >= 15 is 0 Å². The van der Waals surface area contributed by atoms with E-state index in [0.717, 1.165) is 13.7 Å². The molecule has 0 spiro atoms. The number of amides is 1. The van der Waals surface area contributed by atoms with Gasteiger partial charge in [0.05, 0.1) is 11.4 Å². The molecular weight excluding hydrogens is 459 g/mol. The van der Waals surface area contributed by atoms with E-state index in [0.29, 0.717) is 11.3 Å². The predicted molar refractivity (Wildman–Crippen MR) is 96.2 cm³/mol. The monoisotopic (exact) mass is 468 g/mol. The number of hydrogen-bond donors (Lipinski definition) is 1. The minimum absolute atomic E-state index is 0.170. The van der Waals surface area contributed by atoms with Crippen LogP contribution in [0.1, 0.15) is 10.4 Å². The molecule has 1 N–H and O–H groups in total. The van der Waals surface area contributed by atoms with Gasteiger partial charge in [0.15, 0.2) is 0 Å². The highest BCUT2D eigenvalue weighted by Crippen LogP contribution is 2.24. The van der Waals surface area contributed by atoms with Gasteiger partial charge >= 0.3 is 0 Å². The zero-order chi connectivity index (χ0) is 15.5. The number of halogens is 2. The number of benzene rings is 2. The third-order valence-corrected chi connectivity index (χ3v) is 4.19. The van der Waals surface area contributed by atoms with E-state index < -0.39 is 0 Å². The van der Waals surface area contributed by atoms with E-state index in [1.165, 1.54) is 6.33 Å². The lowest BCUT2D eigenvalue weighted by Crippen LogP contribution is -2.14. The lowest BCUT2D eigenvalue weighted by atomic mass is 10.2. The molecule has 5 nitrogen and oxygen atoms in total. The SMILES string of the molecule is O=C(Nc1cc(Br)ccc1-n1cncn1)c1ccc(I)cc1. The van der Waals surface area contributed by atoms with Gasteiger partial charge in [0.25, 0.3) is 5.91 Å². The van der Waals surface area contributed by atoms with Gasteiger partial charge in [-0.25, -0.2) is 9.67 Å². The lowest BCUT2D eigenvalue weighted by Gasteiger charge is -2.11. The summed E-state index contributed by atoms with van der Waals surface area (Å²) in [4.78, 5) is 16.3. The Kier molecular flexibility index (Phi) is 4.53. The summed E-state index contributed by atoms with van der Waals surface area (Å²) in [6.07, 6.45) is 3.04. The Morgan fingerprint density at radius 1 is 1.18 bits per heavy atom. The number of aromatic nitrogens is 3. The quantitative estimate of drug-likeness (QED) is 0.593. The second-order valence-electron chi connectivity index (χ2n) is 4.46. The van der Waals surface area contributed by atoms with Crippen molar-refractivity contribution in [3.05, 3.63) is 68.7 Å². The molecule has 0 aliphatic heterocycles. The first kappa shape index (κ1) is 15.2. The molecule has 0 aliphatic carbocycles. The predicted octanol–water partition coefficient (Wildman–Crippen LogP) is 3.89. The van der Waals surface area contributed by atoms with Gasteiger partial charge in [-0.15, -0.1) is 0 Å². The van der Waals surface area contributed by atoms with Gasteiger partial charge < -0.3 is 5.32 Å². The summed E-state index contributed by atoms with van der Waals surface area (Å²) < 4.78 is 3.56. The van der Waals surface area contributed by atoms with Crippen molar-refractivity contribution in [3.8, 4) is 5.69 Å². The van der Waals surface area contributed by atoms with Crippen molar-refractivity contribution < 1.29 is 4.79 Å². The Labute approximate surface area is 149 Å². The van der Waals surface area contributed by atoms with Crippen molar-refractivity contribution in [2.24, 2.45) is 0 Å². The van der Waals surface area contributed by atoms with Crippen LogP contribution in [-0.2, 0) is 0 Å². The van der Waals surface area contributed by atoms with E-state index in [2.05, 4.69) is 53.9 Å². The zero-order valence-electron chi connectivity index (χ0n) is 11.2. The van der Waals surface area contributed by atoms with E-state index in [9.17, 15) is 4.79 Å². The number of anilines is 1. The Balaban J connectivity index is 1.93. The van der Waals surface area contributed by atoms with Crippen molar-refractivity contribution in [2.75, 3.05) is 5.32 Å². The molecule has 1 amide bonds. The van der Waals surface area contributed by atoms with Crippen LogP contribution in [0.3, 0.4) is 0 Å². The van der Waals surface area contributed by atoms with E-state index in [1.807, 2.05) is 30.3 Å². The highest BCUT2D eigenvalue weighted by atomic mass is 127. The lowest BCUT2D eigenvalue weighted by molar-refractivity contribution is 0.102. The van der Waals surface area contributed by atoms with Gasteiger partial charge in [-0.2, -0.15) is 5.10 Å². The molecule has 0 saturated heterocycles. The smallest absolute Gasteiger partial charge is 0.255 e. The topological polar surface area (TPSA) is 59.8 Å². The van der Waals surface area contributed by atoms with Gasteiger partial charge in [-0.05, 0) is 65.1 Å². The zero-order valence-corrected chi connectivity index (χ0v) is 14.9. The van der Waals surface area contributed by atoms with Crippen LogP contribution in [0.2, 0.25) is 0 Å². The van der Waals surface area contributed by atoms with Crippen molar-refractivity contribution in [1.82, 2.24) is 14.8 Å². The number of hydrogen-bond acceptors (Lipinski definition) is 3. The van der Waals surface area contributed by atoms with Crippen LogP contribution in [0.25, 0.3) is 5.69 Å². The van der Waals surface area contributed by atoms with Crippen LogP contribution in [0.15, 0.2) is 59.6 Å². The highest BCUT2D eigenvalue weighted by molar-refractivity contribution is 14.1. The van der Waals surface area contributed by atoms with Crippen LogP contribution in [-0.4, -0.2) is 20.7 Å². The van der Waals surface area contributed by atoms with Crippen LogP contribution < -0.4 is 5.32 Å².